The van der Waals surface area contributed by atoms with Crippen LogP contribution >= 0.6 is 0 Å². The predicted octanol–water partition coefficient (Wildman–Crippen LogP) is 2.03. The van der Waals surface area contributed by atoms with E-state index in [1.54, 1.807) is 31.2 Å². The van der Waals surface area contributed by atoms with Crippen molar-refractivity contribution in [1.29, 1.82) is 0 Å². The number of rotatable bonds is 10. The van der Waals surface area contributed by atoms with Crippen molar-refractivity contribution in [2.24, 2.45) is 11.7 Å². The molecule has 0 aliphatic rings. The van der Waals surface area contributed by atoms with Crippen molar-refractivity contribution in [3.8, 4) is 0 Å². The van der Waals surface area contributed by atoms with E-state index < -0.39 is 17.9 Å². The number of hydrogen-bond acceptors (Lipinski definition) is 4. The van der Waals surface area contributed by atoms with E-state index in [4.69, 9.17) is 10.5 Å². The molecule has 0 saturated heterocycles. The summed E-state index contributed by atoms with van der Waals surface area (Å²) in [4.78, 5) is 35.2. The van der Waals surface area contributed by atoms with Crippen molar-refractivity contribution in [3.63, 3.8) is 0 Å². The predicted molar refractivity (Wildman–Crippen MR) is 91.2 cm³/mol. The number of benzene rings is 1. The van der Waals surface area contributed by atoms with Crippen molar-refractivity contribution < 1.29 is 19.1 Å². The lowest BCUT2D eigenvalue weighted by molar-refractivity contribution is -0.128. The Morgan fingerprint density at radius 1 is 1.17 bits per heavy atom. The highest BCUT2D eigenvalue weighted by Gasteiger charge is 2.20. The topological polar surface area (TPSA) is 98.5 Å². The number of hydrogen-bond donors (Lipinski definition) is 2. The van der Waals surface area contributed by atoms with Gasteiger partial charge in [0.05, 0.1) is 12.2 Å². The Morgan fingerprint density at radius 2 is 1.83 bits per heavy atom. The summed E-state index contributed by atoms with van der Waals surface area (Å²) in [7, 11) is 0. The summed E-state index contributed by atoms with van der Waals surface area (Å²) < 4.78 is 5.31. The lowest BCUT2D eigenvalue weighted by atomic mass is 10.00. The van der Waals surface area contributed by atoms with Crippen molar-refractivity contribution in [2.45, 2.75) is 45.6 Å². The SMILES string of the molecule is CCC[C@@H](COC(=O)c1ccccc1)CC(=O)N[C@@H](CC)C(N)=O. The summed E-state index contributed by atoms with van der Waals surface area (Å²) in [6, 6.07) is 8.06. The van der Waals surface area contributed by atoms with Crippen LogP contribution < -0.4 is 11.1 Å². The molecule has 0 radical (unpaired) electrons. The molecule has 0 spiro atoms. The van der Waals surface area contributed by atoms with E-state index in [9.17, 15) is 14.4 Å². The molecule has 0 fully saturated rings. The zero-order valence-electron chi connectivity index (χ0n) is 14.3. The fourth-order valence-corrected chi connectivity index (χ4v) is 2.39. The highest BCUT2D eigenvalue weighted by molar-refractivity contribution is 5.89. The Labute approximate surface area is 142 Å². The molecule has 1 rings (SSSR count). The number of esters is 1. The molecular weight excluding hydrogens is 308 g/mol. The Bertz CT molecular complexity index is 545. The van der Waals surface area contributed by atoms with Gasteiger partial charge in [-0.05, 0) is 25.0 Å². The van der Waals surface area contributed by atoms with Gasteiger partial charge < -0.3 is 15.8 Å². The van der Waals surface area contributed by atoms with Crippen LogP contribution in [0.2, 0.25) is 0 Å². The fraction of sp³-hybridized carbons (Fsp3) is 0.500. The Balaban J connectivity index is 2.52. The van der Waals surface area contributed by atoms with Gasteiger partial charge in [0.15, 0.2) is 0 Å². The lowest BCUT2D eigenvalue weighted by Crippen LogP contribution is -2.44. The molecule has 0 unspecified atom stereocenters. The smallest absolute Gasteiger partial charge is 0.338 e. The third-order valence-corrected chi connectivity index (χ3v) is 3.72. The number of carbonyl (C=O) groups is 3. The first-order chi connectivity index (χ1) is 11.5. The van der Waals surface area contributed by atoms with E-state index in [-0.39, 0.29) is 24.9 Å². The van der Waals surface area contributed by atoms with Crippen LogP contribution in [-0.4, -0.2) is 30.4 Å². The van der Waals surface area contributed by atoms with Gasteiger partial charge in [-0.25, -0.2) is 4.79 Å². The first-order valence-corrected chi connectivity index (χ1v) is 8.28. The molecule has 1 aromatic rings. The first-order valence-electron chi connectivity index (χ1n) is 8.28. The Morgan fingerprint density at radius 3 is 2.38 bits per heavy atom. The monoisotopic (exact) mass is 334 g/mol. The third-order valence-electron chi connectivity index (χ3n) is 3.72. The minimum Gasteiger partial charge on any atom is -0.462 e. The van der Waals surface area contributed by atoms with Crippen LogP contribution in [0.4, 0.5) is 0 Å². The summed E-state index contributed by atoms with van der Waals surface area (Å²) in [6.07, 6.45) is 2.26. The van der Waals surface area contributed by atoms with Gasteiger partial charge in [0, 0.05) is 12.3 Å². The zero-order chi connectivity index (χ0) is 17.9. The van der Waals surface area contributed by atoms with Gasteiger partial charge in [0.1, 0.15) is 6.04 Å². The van der Waals surface area contributed by atoms with Crippen LogP contribution in [0.1, 0.15) is 49.9 Å². The normalized spacial score (nSPS) is 12.9. The van der Waals surface area contributed by atoms with Gasteiger partial charge in [-0.15, -0.1) is 0 Å². The summed E-state index contributed by atoms with van der Waals surface area (Å²) in [5.74, 6) is -1.29. The highest BCUT2D eigenvalue weighted by atomic mass is 16.5. The zero-order valence-corrected chi connectivity index (χ0v) is 14.3. The molecule has 0 heterocycles. The van der Waals surface area contributed by atoms with Gasteiger partial charge in [0.2, 0.25) is 11.8 Å². The van der Waals surface area contributed by atoms with Gasteiger partial charge in [-0.2, -0.15) is 0 Å². The highest BCUT2D eigenvalue weighted by Crippen LogP contribution is 2.13. The van der Waals surface area contributed by atoms with Crippen LogP contribution in [0.3, 0.4) is 0 Å². The number of nitrogens with two attached hydrogens (primary N) is 1. The minimum atomic E-state index is -0.661. The average Bonchev–Trinajstić information content (AvgIpc) is 2.58. The number of carbonyl (C=O) groups excluding carboxylic acids is 3. The van der Waals surface area contributed by atoms with E-state index >= 15 is 0 Å². The van der Waals surface area contributed by atoms with Crippen LogP contribution in [0.5, 0.6) is 0 Å². The van der Waals surface area contributed by atoms with E-state index in [0.29, 0.717) is 12.0 Å². The minimum absolute atomic E-state index is 0.0898. The second-order valence-electron chi connectivity index (χ2n) is 5.75. The van der Waals surface area contributed by atoms with Crippen molar-refractivity contribution in [2.75, 3.05) is 6.61 Å². The van der Waals surface area contributed by atoms with Gasteiger partial charge in [-0.3, -0.25) is 9.59 Å². The number of ether oxygens (including phenoxy) is 1. The van der Waals surface area contributed by atoms with Crippen LogP contribution in [-0.2, 0) is 14.3 Å². The largest absolute Gasteiger partial charge is 0.462 e. The molecular formula is C18H26N2O4. The molecule has 2 amide bonds. The van der Waals surface area contributed by atoms with Crippen molar-refractivity contribution >= 4 is 17.8 Å². The quantitative estimate of drug-likeness (QED) is 0.640. The molecule has 0 aliphatic carbocycles. The molecule has 2 atom stereocenters. The summed E-state index contributed by atoms with van der Waals surface area (Å²) in [5.41, 5.74) is 5.71. The third kappa shape index (κ3) is 6.81. The molecule has 6 heteroatoms. The molecule has 0 aliphatic heterocycles. The summed E-state index contributed by atoms with van der Waals surface area (Å²) in [5, 5.41) is 2.62. The van der Waals surface area contributed by atoms with Crippen molar-refractivity contribution in [3.05, 3.63) is 35.9 Å². The van der Waals surface area contributed by atoms with Gasteiger partial charge in [-0.1, -0.05) is 38.5 Å². The summed E-state index contributed by atoms with van der Waals surface area (Å²) in [6.45, 7) is 3.95. The lowest BCUT2D eigenvalue weighted by Gasteiger charge is -2.18. The second-order valence-corrected chi connectivity index (χ2v) is 5.75. The number of nitrogens with one attached hydrogen (secondary N) is 1. The Kier molecular flexibility index (Phi) is 8.54. The molecule has 0 aromatic heterocycles. The van der Waals surface area contributed by atoms with Gasteiger partial charge in [0.25, 0.3) is 0 Å². The molecule has 24 heavy (non-hydrogen) atoms. The molecule has 0 saturated carbocycles. The van der Waals surface area contributed by atoms with E-state index in [1.165, 1.54) is 0 Å². The summed E-state index contributed by atoms with van der Waals surface area (Å²) >= 11 is 0. The molecule has 0 bridgehead atoms. The van der Waals surface area contributed by atoms with Crippen LogP contribution in [0.15, 0.2) is 30.3 Å². The second kappa shape index (κ2) is 10.4. The molecule has 132 valence electrons. The van der Waals surface area contributed by atoms with E-state index in [1.807, 2.05) is 13.0 Å². The Hall–Kier alpha value is -2.37. The van der Waals surface area contributed by atoms with Crippen LogP contribution in [0, 0.1) is 5.92 Å². The first kappa shape index (κ1) is 19.7. The number of primary amides is 1. The van der Waals surface area contributed by atoms with E-state index in [2.05, 4.69) is 5.32 Å². The average molecular weight is 334 g/mol. The van der Waals surface area contributed by atoms with E-state index in [0.717, 1.165) is 12.8 Å². The van der Waals surface area contributed by atoms with Crippen molar-refractivity contribution in [1.82, 2.24) is 5.32 Å². The molecule has 1 aromatic carbocycles. The maximum Gasteiger partial charge on any atom is 0.338 e. The standard InChI is InChI=1S/C18H26N2O4/c1-3-8-13(11-16(21)20-15(4-2)17(19)22)12-24-18(23)14-9-6-5-7-10-14/h5-7,9-10,13,15H,3-4,8,11-12H2,1-2H3,(H2,19,22)(H,20,21)/t13-,15+/m1/s1. The maximum absolute atomic E-state index is 12.1. The van der Waals surface area contributed by atoms with Gasteiger partial charge >= 0.3 is 5.97 Å². The maximum atomic E-state index is 12.1. The fourth-order valence-electron chi connectivity index (χ4n) is 2.39. The molecule has 3 N–H and O–H groups in total. The number of amides is 2. The van der Waals surface area contributed by atoms with Crippen LogP contribution in [0.25, 0.3) is 0 Å². The molecule has 6 nitrogen and oxygen atoms in total.